The van der Waals surface area contributed by atoms with Gasteiger partial charge in [0, 0.05) is 18.8 Å². The summed E-state index contributed by atoms with van der Waals surface area (Å²) in [6.45, 7) is 2.03. The monoisotopic (exact) mass is 311 g/mol. The van der Waals surface area contributed by atoms with E-state index in [1.165, 1.54) is 28.0 Å². The van der Waals surface area contributed by atoms with Crippen molar-refractivity contribution in [1.82, 2.24) is 4.90 Å². The van der Waals surface area contributed by atoms with Crippen LogP contribution in [0.25, 0.3) is 11.3 Å². The third-order valence-corrected chi connectivity index (χ3v) is 4.62. The molecular formula is C23H21N. The van der Waals surface area contributed by atoms with Crippen molar-refractivity contribution in [3.05, 3.63) is 108 Å². The van der Waals surface area contributed by atoms with Crippen LogP contribution in [0.3, 0.4) is 0 Å². The fourth-order valence-corrected chi connectivity index (χ4v) is 3.50. The van der Waals surface area contributed by atoms with Gasteiger partial charge in [0.25, 0.3) is 0 Å². The first-order valence-corrected chi connectivity index (χ1v) is 8.55. The second-order valence-corrected chi connectivity index (χ2v) is 6.22. The molecule has 0 bridgehead atoms. The zero-order chi connectivity index (χ0) is 16.2. The molecule has 0 spiro atoms. The Kier molecular flexibility index (Phi) is 4.16. The van der Waals surface area contributed by atoms with E-state index in [1.54, 1.807) is 0 Å². The normalized spacial score (nSPS) is 14.2. The average Bonchev–Trinajstić information content (AvgIpc) is 3.07. The van der Waals surface area contributed by atoms with E-state index in [0.717, 1.165) is 19.5 Å². The van der Waals surface area contributed by atoms with Crippen LogP contribution in [0.4, 0.5) is 0 Å². The van der Waals surface area contributed by atoms with Gasteiger partial charge in [-0.05, 0) is 28.7 Å². The largest absolute Gasteiger partial charge is 0.366 e. The maximum absolute atomic E-state index is 2.52. The van der Waals surface area contributed by atoms with Crippen LogP contribution in [-0.4, -0.2) is 11.4 Å². The molecule has 1 heteroatoms. The maximum atomic E-state index is 2.52. The molecule has 0 unspecified atom stereocenters. The van der Waals surface area contributed by atoms with Gasteiger partial charge in [-0.25, -0.2) is 0 Å². The van der Waals surface area contributed by atoms with Gasteiger partial charge in [0.15, 0.2) is 0 Å². The molecule has 1 aliphatic rings. The van der Waals surface area contributed by atoms with Crippen molar-refractivity contribution < 1.29 is 0 Å². The highest BCUT2D eigenvalue weighted by Crippen LogP contribution is 2.38. The summed E-state index contributed by atoms with van der Waals surface area (Å²) in [4.78, 5) is 2.52. The Balaban J connectivity index is 1.76. The minimum absolute atomic E-state index is 0.960. The van der Waals surface area contributed by atoms with Gasteiger partial charge in [0.05, 0.1) is 0 Å². The predicted molar refractivity (Wildman–Crippen MR) is 101 cm³/mol. The van der Waals surface area contributed by atoms with Crippen LogP contribution in [0.1, 0.15) is 23.1 Å². The molecule has 3 aromatic carbocycles. The highest BCUT2D eigenvalue weighted by Gasteiger charge is 2.24. The van der Waals surface area contributed by atoms with Crippen LogP contribution in [0.5, 0.6) is 0 Å². The number of rotatable bonds is 4. The third kappa shape index (κ3) is 2.98. The van der Waals surface area contributed by atoms with E-state index in [4.69, 9.17) is 0 Å². The average molecular weight is 311 g/mol. The van der Waals surface area contributed by atoms with Crippen LogP contribution >= 0.6 is 0 Å². The van der Waals surface area contributed by atoms with Crippen LogP contribution < -0.4 is 0 Å². The van der Waals surface area contributed by atoms with Crippen LogP contribution in [-0.2, 0) is 6.54 Å². The number of hydrogen-bond acceptors (Lipinski definition) is 1. The van der Waals surface area contributed by atoms with E-state index >= 15 is 0 Å². The van der Waals surface area contributed by atoms with Crippen molar-refractivity contribution in [1.29, 1.82) is 0 Å². The lowest BCUT2D eigenvalue weighted by Crippen LogP contribution is -2.18. The lowest BCUT2D eigenvalue weighted by molar-refractivity contribution is 0.420. The summed E-state index contributed by atoms with van der Waals surface area (Å²) >= 11 is 0. The second-order valence-electron chi connectivity index (χ2n) is 6.22. The van der Waals surface area contributed by atoms with Crippen molar-refractivity contribution in [2.75, 3.05) is 6.54 Å². The van der Waals surface area contributed by atoms with Gasteiger partial charge in [-0.2, -0.15) is 0 Å². The van der Waals surface area contributed by atoms with E-state index in [2.05, 4.69) is 95.9 Å². The second kappa shape index (κ2) is 6.76. The summed E-state index contributed by atoms with van der Waals surface area (Å²) in [7, 11) is 0. The van der Waals surface area contributed by atoms with Crippen molar-refractivity contribution >= 4 is 11.3 Å². The van der Waals surface area contributed by atoms with Crippen molar-refractivity contribution in [3.8, 4) is 0 Å². The lowest BCUT2D eigenvalue weighted by Gasteiger charge is -2.23. The smallest absolute Gasteiger partial charge is 0.0482 e. The first-order valence-electron chi connectivity index (χ1n) is 8.55. The van der Waals surface area contributed by atoms with E-state index in [1.807, 2.05) is 0 Å². The summed E-state index contributed by atoms with van der Waals surface area (Å²) in [5.41, 5.74) is 6.85. The highest BCUT2D eigenvalue weighted by molar-refractivity contribution is 5.92. The summed E-state index contributed by atoms with van der Waals surface area (Å²) in [5.74, 6) is 0. The molecule has 0 saturated heterocycles. The SMILES string of the molecule is c1ccc(CN2CCC(c3ccccc3)=C2c2ccccc2)cc1. The Labute approximate surface area is 143 Å². The van der Waals surface area contributed by atoms with Crippen LogP contribution in [0.2, 0.25) is 0 Å². The molecule has 118 valence electrons. The Hall–Kier alpha value is -2.80. The summed E-state index contributed by atoms with van der Waals surface area (Å²) in [6.07, 6.45) is 1.10. The van der Waals surface area contributed by atoms with Gasteiger partial charge in [0.2, 0.25) is 0 Å². The first-order chi connectivity index (χ1) is 11.9. The minimum Gasteiger partial charge on any atom is -0.366 e. The fourth-order valence-electron chi connectivity index (χ4n) is 3.50. The summed E-state index contributed by atoms with van der Waals surface area (Å²) in [5, 5.41) is 0. The summed E-state index contributed by atoms with van der Waals surface area (Å²) < 4.78 is 0. The molecule has 24 heavy (non-hydrogen) atoms. The van der Waals surface area contributed by atoms with Gasteiger partial charge in [-0.15, -0.1) is 0 Å². The molecule has 0 saturated carbocycles. The molecular weight excluding hydrogens is 290 g/mol. The van der Waals surface area contributed by atoms with E-state index in [-0.39, 0.29) is 0 Å². The zero-order valence-corrected chi connectivity index (χ0v) is 13.7. The van der Waals surface area contributed by atoms with Crippen molar-refractivity contribution in [3.63, 3.8) is 0 Å². The molecule has 3 aromatic rings. The van der Waals surface area contributed by atoms with Gasteiger partial charge >= 0.3 is 0 Å². The topological polar surface area (TPSA) is 3.24 Å². The number of benzene rings is 3. The fraction of sp³-hybridized carbons (Fsp3) is 0.130. The molecule has 0 aromatic heterocycles. The predicted octanol–water partition coefficient (Wildman–Crippen LogP) is 5.46. The van der Waals surface area contributed by atoms with E-state index in [9.17, 15) is 0 Å². The van der Waals surface area contributed by atoms with Crippen LogP contribution in [0, 0.1) is 0 Å². The highest BCUT2D eigenvalue weighted by atomic mass is 15.2. The number of nitrogens with zero attached hydrogens (tertiary/aromatic N) is 1. The molecule has 0 N–H and O–H groups in total. The van der Waals surface area contributed by atoms with Crippen molar-refractivity contribution in [2.24, 2.45) is 0 Å². The van der Waals surface area contributed by atoms with Crippen LogP contribution in [0.15, 0.2) is 91.0 Å². The van der Waals surface area contributed by atoms with Gasteiger partial charge in [-0.1, -0.05) is 91.0 Å². The molecule has 0 fully saturated rings. The molecule has 0 atom stereocenters. The van der Waals surface area contributed by atoms with Crippen molar-refractivity contribution in [2.45, 2.75) is 13.0 Å². The minimum atomic E-state index is 0.960. The molecule has 1 heterocycles. The van der Waals surface area contributed by atoms with Gasteiger partial charge < -0.3 is 4.90 Å². The molecule has 4 rings (SSSR count). The molecule has 0 amide bonds. The van der Waals surface area contributed by atoms with Gasteiger partial charge in [0.1, 0.15) is 0 Å². The van der Waals surface area contributed by atoms with E-state index < -0.39 is 0 Å². The maximum Gasteiger partial charge on any atom is 0.0482 e. The molecule has 1 aliphatic heterocycles. The third-order valence-electron chi connectivity index (χ3n) is 4.62. The Morgan fingerprint density at radius 2 is 1.17 bits per heavy atom. The van der Waals surface area contributed by atoms with E-state index in [0.29, 0.717) is 0 Å². The first kappa shape index (κ1) is 14.8. The number of hydrogen-bond donors (Lipinski definition) is 0. The molecule has 0 radical (unpaired) electrons. The molecule has 0 aliphatic carbocycles. The molecule has 1 nitrogen and oxygen atoms in total. The Morgan fingerprint density at radius 1 is 0.625 bits per heavy atom. The summed E-state index contributed by atoms with van der Waals surface area (Å²) in [6, 6.07) is 32.3. The standard InChI is InChI=1S/C23H21N/c1-4-10-19(11-5-1)18-24-17-16-22(20-12-6-2-7-13-20)23(24)21-14-8-3-9-15-21/h1-15H,16-18H2. The Morgan fingerprint density at radius 3 is 1.79 bits per heavy atom. The Bertz CT molecular complexity index is 820. The lowest BCUT2D eigenvalue weighted by atomic mass is 9.99. The quantitative estimate of drug-likeness (QED) is 0.618. The zero-order valence-electron chi connectivity index (χ0n) is 13.7. The van der Waals surface area contributed by atoms with Gasteiger partial charge in [-0.3, -0.25) is 0 Å².